The van der Waals surface area contributed by atoms with E-state index in [2.05, 4.69) is 4.98 Å². The van der Waals surface area contributed by atoms with E-state index in [1.54, 1.807) is 5.38 Å². The number of alkyl halides is 3. The number of aromatic nitrogens is 1. The fourth-order valence-electron chi connectivity index (χ4n) is 3.05. The number of carbonyl (C=O) groups is 1. The Bertz CT molecular complexity index is 927. The van der Waals surface area contributed by atoms with Gasteiger partial charge in [-0.2, -0.15) is 13.2 Å². The first-order chi connectivity index (χ1) is 12.1. The molecule has 1 aliphatic rings. The van der Waals surface area contributed by atoms with Gasteiger partial charge in [-0.1, -0.05) is 6.07 Å². The van der Waals surface area contributed by atoms with E-state index in [9.17, 15) is 26.4 Å². The summed E-state index contributed by atoms with van der Waals surface area (Å²) in [6.45, 7) is -0.00741. The smallest absolute Gasteiger partial charge is 0.328 e. The molecule has 0 spiro atoms. The maximum Gasteiger partial charge on any atom is 0.471 e. The van der Waals surface area contributed by atoms with Crippen molar-refractivity contribution in [1.82, 2.24) is 9.88 Å². The minimum Gasteiger partial charge on any atom is -0.328 e. The number of hydrogen-bond acceptors (Lipinski definition) is 5. The van der Waals surface area contributed by atoms with Crippen LogP contribution in [0.25, 0.3) is 10.6 Å². The van der Waals surface area contributed by atoms with Crippen molar-refractivity contribution in [2.75, 3.05) is 6.54 Å². The Balaban J connectivity index is 2.06. The Labute approximate surface area is 151 Å². The molecule has 2 heterocycles. The van der Waals surface area contributed by atoms with E-state index in [1.165, 1.54) is 35.7 Å². The molecular formula is C15H14F3N3O3S2. The van der Waals surface area contributed by atoms with Gasteiger partial charge in [0.25, 0.3) is 0 Å². The summed E-state index contributed by atoms with van der Waals surface area (Å²) < 4.78 is 62.1. The topological polar surface area (TPSA) is 93.4 Å². The van der Waals surface area contributed by atoms with Crippen LogP contribution in [0.3, 0.4) is 0 Å². The van der Waals surface area contributed by atoms with Crippen molar-refractivity contribution in [2.45, 2.75) is 30.0 Å². The number of rotatable bonds is 3. The summed E-state index contributed by atoms with van der Waals surface area (Å²) in [6.07, 6.45) is -2.69. The lowest BCUT2D eigenvalue weighted by Gasteiger charge is -2.26. The van der Waals surface area contributed by atoms with Crippen LogP contribution in [-0.2, 0) is 14.8 Å². The second-order valence-corrected chi connectivity index (χ2v) is 8.22. The minimum absolute atomic E-state index is 0.00741. The van der Waals surface area contributed by atoms with Gasteiger partial charge in [-0.15, -0.1) is 11.3 Å². The zero-order valence-corrected chi connectivity index (χ0v) is 14.9. The molecule has 1 atom stereocenters. The molecule has 1 aromatic carbocycles. The summed E-state index contributed by atoms with van der Waals surface area (Å²) in [6, 6.07) is 3.31. The van der Waals surface area contributed by atoms with Crippen molar-refractivity contribution in [3.63, 3.8) is 0 Å². The predicted octanol–water partition coefficient (Wildman–Crippen LogP) is 2.68. The van der Waals surface area contributed by atoms with Gasteiger partial charge in [-0.3, -0.25) is 4.79 Å². The molecule has 1 amide bonds. The van der Waals surface area contributed by atoms with E-state index in [1.807, 2.05) is 0 Å². The number of hydrogen-bond donors (Lipinski definition) is 1. The molecule has 3 rings (SSSR count). The second kappa shape index (κ2) is 6.63. The summed E-state index contributed by atoms with van der Waals surface area (Å²) in [5.74, 6) is -1.90. The number of nitrogens with zero attached hydrogens (tertiary/aromatic N) is 2. The molecule has 0 saturated carbocycles. The molecule has 1 aliphatic heterocycles. The number of benzene rings is 1. The van der Waals surface area contributed by atoms with Gasteiger partial charge in [0.05, 0.1) is 10.9 Å². The molecule has 1 fully saturated rings. The third-order valence-electron chi connectivity index (χ3n) is 4.11. The Hall–Kier alpha value is -1.98. The highest BCUT2D eigenvalue weighted by Gasteiger charge is 2.46. The SMILES string of the molecule is NS(=O)(=O)c1ccc(C2CCCN2C(=O)C(F)(F)F)cc1-c1nccs1. The molecule has 1 aromatic heterocycles. The first-order valence-corrected chi connectivity index (χ1v) is 9.96. The summed E-state index contributed by atoms with van der Waals surface area (Å²) >= 11 is 1.18. The van der Waals surface area contributed by atoms with Gasteiger partial charge in [0, 0.05) is 23.7 Å². The normalized spacial score (nSPS) is 18.3. The number of likely N-dealkylation sites (tertiary alicyclic amines) is 1. The van der Waals surface area contributed by atoms with E-state index >= 15 is 0 Å². The molecule has 26 heavy (non-hydrogen) atoms. The second-order valence-electron chi connectivity index (χ2n) is 5.79. The van der Waals surface area contributed by atoms with Gasteiger partial charge in [-0.25, -0.2) is 18.5 Å². The average Bonchev–Trinajstić information content (AvgIpc) is 3.23. The van der Waals surface area contributed by atoms with Crippen LogP contribution >= 0.6 is 11.3 Å². The molecule has 0 bridgehead atoms. The third-order valence-corrected chi connectivity index (χ3v) is 5.89. The maximum atomic E-state index is 12.8. The molecule has 1 unspecified atom stereocenters. The standard InChI is InChI=1S/C15H14F3N3O3S2/c16-15(17,18)14(22)21-6-1-2-11(21)9-3-4-12(26(19,23)24)10(8-9)13-20-5-7-25-13/h3-5,7-8,11H,1-2,6H2,(H2,19,23,24). The first-order valence-electron chi connectivity index (χ1n) is 7.53. The van der Waals surface area contributed by atoms with Crippen LogP contribution in [0.15, 0.2) is 34.7 Å². The summed E-state index contributed by atoms with van der Waals surface area (Å²) in [7, 11) is -4.05. The van der Waals surface area contributed by atoms with Crippen LogP contribution in [0.1, 0.15) is 24.4 Å². The van der Waals surface area contributed by atoms with Crippen molar-refractivity contribution in [2.24, 2.45) is 5.14 Å². The first kappa shape index (κ1) is 18.8. The molecular weight excluding hydrogens is 391 g/mol. The largest absolute Gasteiger partial charge is 0.471 e. The summed E-state index contributed by atoms with van der Waals surface area (Å²) in [5, 5.41) is 7.26. The number of primary sulfonamides is 1. The van der Waals surface area contributed by atoms with Crippen molar-refractivity contribution < 1.29 is 26.4 Å². The van der Waals surface area contributed by atoms with E-state index in [0.29, 0.717) is 23.4 Å². The van der Waals surface area contributed by atoms with Crippen LogP contribution in [0.4, 0.5) is 13.2 Å². The van der Waals surface area contributed by atoms with Gasteiger partial charge < -0.3 is 4.90 Å². The highest BCUT2D eigenvalue weighted by molar-refractivity contribution is 7.89. The van der Waals surface area contributed by atoms with E-state index in [-0.39, 0.29) is 17.0 Å². The lowest BCUT2D eigenvalue weighted by atomic mass is 10.0. The predicted molar refractivity (Wildman–Crippen MR) is 88.7 cm³/mol. The van der Waals surface area contributed by atoms with Gasteiger partial charge >= 0.3 is 12.1 Å². The van der Waals surface area contributed by atoms with E-state index in [4.69, 9.17) is 5.14 Å². The molecule has 140 valence electrons. The highest BCUT2D eigenvalue weighted by atomic mass is 32.2. The number of thiazole rings is 1. The van der Waals surface area contributed by atoms with Crippen molar-refractivity contribution in [3.8, 4) is 10.6 Å². The summed E-state index contributed by atoms with van der Waals surface area (Å²) in [4.78, 5) is 16.3. The molecule has 2 N–H and O–H groups in total. The quantitative estimate of drug-likeness (QED) is 0.850. The van der Waals surface area contributed by atoms with Gasteiger partial charge in [0.15, 0.2) is 0 Å². The van der Waals surface area contributed by atoms with Crippen LogP contribution in [0.5, 0.6) is 0 Å². The maximum absolute atomic E-state index is 12.8. The van der Waals surface area contributed by atoms with E-state index < -0.39 is 28.1 Å². The fourth-order valence-corrected chi connectivity index (χ4v) is 4.50. The monoisotopic (exact) mass is 405 g/mol. The highest BCUT2D eigenvalue weighted by Crippen LogP contribution is 2.38. The molecule has 2 aromatic rings. The van der Waals surface area contributed by atoms with Crippen LogP contribution in [0.2, 0.25) is 0 Å². The zero-order valence-electron chi connectivity index (χ0n) is 13.2. The lowest BCUT2D eigenvalue weighted by Crippen LogP contribution is -2.40. The minimum atomic E-state index is -4.96. The molecule has 1 saturated heterocycles. The Kier molecular flexibility index (Phi) is 4.80. The molecule has 11 heteroatoms. The molecule has 0 aliphatic carbocycles. The van der Waals surface area contributed by atoms with Crippen LogP contribution in [0, 0.1) is 0 Å². The Morgan fingerprint density at radius 2 is 2.08 bits per heavy atom. The van der Waals surface area contributed by atoms with Crippen LogP contribution < -0.4 is 5.14 Å². The zero-order chi connectivity index (χ0) is 19.1. The molecule has 0 radical (unpaired) electrons. The van der Waals surface area contributed by atoms with Crippen molar-refractivity contribution in [3.05, 3.63) is 35.3 Å². The summed E-state index contributed by atoms with van der Waals surface area (Å²) in [5.41, 5.74) is 0.629. The lowest BCUT2D eigenvalue weighted by molar-refractivity contribution is -0.186. The van der Waals surface area contributed by atoms with Crippen molar-refractivity contribution >= 4 is 27.3 Å². The Morgan fingerprint density at radius 1 is 1.35 bits per heavy atom. The van der Waals surface area contributed by atoms with Crippen LogP contribution in [-0.4, -0.2) is 36.9 Å². The van der Waals surface area contributed by atoms with Gasteiger partial charge in [0.2, 0.25) is 10.0 Å². The number of carbonyl (C=O) groups excluding carboxylic acids is 1. The number of nitrogens with two attached hydrogens (primary N) is 1. The number of amides is 1. The number of halogens is 3. The molecule has 6 nitrogen and oxygen atoms in total. The number of sulfonamides is 1. The average molecular weight is 405 g/mol. The van der Waals surface area contributed by atoms with Gasteiger partial charge in [-0.05, 0) is 30.5 Å². The van der Waals surface area contributed by atoms with Gasteiger partial charge in [0.1, 0.15) is 5.01 Å². The Morgan fingerprint density at radius 3 is 2.65 bits per heavy atom. The van der Waals surface area contributed by atoms with E-state index in [0.717, 1.165) is 4.90 Å². The van der Waals surface area contributed by atoms with Crippen molar-refractivity contribution in [1.29, 1.82) is 0 Å². The third kappa shape index (κ3) is 3.60. The fraction of sp³-hybridized carbons (Fsp3) is 0.333.